The van der Waals surface area contributed by atoms with Crippen molar-refractivity contribution in [2.24, 2.45) is 0 Å². The molecule has 3 rings (SSSR count). The smallest absolute Gasteiger partial charge is 0.248 e. The minimum atomic E-state index is -0.158. The first-order valence-electron chi connectivity index (χ1n) is 8.64. The maximum atomic E-state index is 12.3. The zero-order valence-electron chi connectivity index (χ0n) is 14.4. The van der Waals surface area contributed by atoms with Gasteiger partial charge in [0, 0.05) is 35.2 Å². The number of benzene rings is 1. The Morgan fingerprint density at radius 2 is 2.04 bits per heavy atom. The number of hydrogen-bond donors (Lipinski definition) is 2. The molecule has 0 spiro atoms. The number of carbonyl (C=O) groups is 2. The number of nitrogens with zero attached hydrogens (tertiary/aromatic N) is 2. The van der Waals surface area contributed by atoms with Gasteiger partial charge in [-0.3, -0.25) is 14.3 Å². The number of nitrogens with one attached hydrogen (secondary N) is 2. The minimum absolute atomic E-state index is 0.108. The van der Waals surface area contributed by atoms with E-state index in [0.717, 1.165) is 31.2 Å². The van der Waals surface area contributed by atoms with E-state index in [1.165, 1.54) is 0 Å². The minimum Gasteiger partial charge on any atom is -0.348 e. The van der Waals surface area contributed by atoms with Gasteiger partial charge in [0.15, 0.2) is 0 Å². The second-order valence-corrected chi connectivity index (χ2v) is 6.68. The van der Waals surface area contributed by atoms with Crippen molar-refractivity contribution in [3.63, 3.8) is 0 Å². The molecule has 0 bridgehead atoms. The lowest BCUT2D eigenvalue weighted by Gasteiger charge is -2.16. The third kappa shape index (κ3) is 4.95. The molecule has 6 nitrogen and oxygen atoms in total. The number of amides is 2. The Labute approximate surface area is 157 Å². The summed E-state index contributed by atoms with van der Waals surface area (Å²) in [5, 5.41) is 10.4. The summed E-state index contributed by atoms with van der Waals surface area (Å²) in [5.41, 5.74) is 2.29. The Kier molecular flexibility index (Phi) is 6.07. The van der Waals surface area contributed by atoms with Gasteiger partial charge < -0.3 is 10.6 Å². The first-order valence-corrected chi connectivity index (χ1v) is 9.01. The van der Waals surface area contributed by atoms with Gasteiger partial charge in [0.2, 0.25) is 11.8 Å². The molecule has 2 amide bonds. The van der Waals surface area contributed by atoms with Crippen LogP contribution in [-0.2, 0) is 22.7 Å². The Morgan fingerprint density at radius 3 is 2.81 bits per heavy atom. The second-order valence-electron chi connectivity index (χ2n) is 6.23. The van der Waals surface area contributed by atoms with Gasteiger partial charge >= 0.3 is 0 Å². The van der Waals surface area contributed by atoms with Crippen molar-refractivity contribution < 1.29 is 9.59 Å². The summed E-state index contributed by atoms with van der Waals surface area (Å²) in [5.74, 6) is -0.267. The summed E-state index contributed by atoms with van der Waals surface area (Å²) in [6, 6.07) is 9.17. The summed E-state index contributed by atoms with van der Waals surface area (Å²) in [6.45, 7) is 0.538. The van der Waals surface area contributed by atoms with Crippen molar-refractivity contribution in [1.29, 1.82) is 0 Å². The molecule has 1 aliphatic carbocycles. The lowest BCUT2D eigenvalue weighted by molar-refractivity contribution is -0.118. The van der Waals surface area contributed by atoms with Gasteiger partial charge in [-0.25, -0.2) is 0 Å². The molecule has 0 unspecified atom stereocenters. The summed E-state index contributed by atoms with van der Waals surface area (Å²) in [7, 11) is 0. The normalized spacial score (nSPS) is 14.2. The summed E-state index contributed by atoms with van der Waals surface area (Å²) in [4.78, 5) is 24.3. The summed E-state index contributed by atoms with van der Waals surface area (Å²) >= 11 is 6.16. The fraction of sp³-hybridized carbons (Fsp3) is 0.316. The van der Waals surface area contributed by atoms with E-state index in [1.54, 1.807) is 23.1 Å². The SMILES string of the molecule is O=C(Cn1cccn1)Nc1cccc(CNC(=O)C2=C(Cl)CCCC2)c1. The van der Waals surface area contributed by atoms with Crippen LogP contribution in [0.2, 0.25) is 0 Å². The average Bonchev–Trinajstić information content (AvgIpc) is 3.13. The number of aromatic nitrogens is 2. The van der Waals surface area contributed by atoms with Crippen molar-refractivity contribution in [2.45, 2.75) is 38.8 Å². The van der Waals surface area contributed by atoms with Crippen LogP contribution in [0.25, 0.3) is 0 Å². The molecule has 1 aliphatic rings. The van der Waals surface area contributed by atoms with Crippen LogP contribution < -0.4 is 10.6 Å². The maximum Gasteiger partial charge on any atom is 0.248 e. The highest BCUT2D eigenvalue weighted by Gasteiger charge is 2.17. The lowest BCUT2D eigenvalue weighted by Crippen LogP contribution is -2.26. The number of anilines is 1. The predicted octanol–water partition coefficient (Wildman–Crippen LogP) is 3.20. The third-order valence-electron chi connectivity index (χ3n) is 4.20. The fourth-order valence-corrected chi connectivity index (χ4v) is 3.21. The quantitative estimate of drug-likeness (QED) is 0.817. The van der Waals surface area contributed by atoms with Gasteiger partial charge in [-0.1, -0.05) is 23.7 Å². The van der Waals surface area contributed by atoms with E-state index >= 15 is 0 Å². The van der Waals surface area contributed by atoms with Crippen LogP contribution in [0, 0.1) is 0 Å². The van der Waals surface area contributed by atoms with Gasteiger partial charge in [-0.05, 0) is 49.4 Å². The number of hydrogen-bond acceptors (Lipinski definition) is 3. The van der Waals surface area contributed by atoms with E-state index in [4.69, 9.17) is 11.6 Å². The van der Waals surface area contributed by atoms with Crippen LogP contribution in [0.1, 0.15) is 31.2 Å². The summed E-state index contributed by atoms with van der Waals surface area (Å²) < 4.78 is 1.56. The third-order valence-corrected chi connectivity index (χ3v) is 4.62. The van der Waals surface area contributed by atoms with Crippen LogP contribution in [0.15, 0.2) is 53.3 Å². The summed E-state index contributed by atoms with van der Waals surface area (Å²) in [6.07, 6.45) is 6.91. The monoisotopic (exact) mass is 372 g/mol. The molecule has 0 fully saturated rings. The molecule has 1 aromatic carbocycles. The number of rotatable bonds is 6. The van der Waals surface area contributed by atoms with Crippen LogP contribution in [0.3, 0.4) is 0 Å². The molecule has 2 aromatic rings. The van der Waals surface area contributed by atoms with Gasteiger partial charge in [0.25, 0.3) is 0 Å². The second kappa shape index (κ2) is 8.67. The number of carbonyl (C=O) groups excluding carboxylic acids is 2. The first-order chi connectivity index (χ1) is 12.6. The maximum absolute atomic E-state index is 12.3. The molecule has 1 aromatic heterocycles. The molecule has 0 saturated carbocycles. The van der Waals surface area contributed by atoms with Crippen LogP contribution in [-0.4, -0.2) is 21.6 Å². The molecule has 2 N–H and O–H groups in total. The molecule has 26 heavy (non-hydrogen) atoms. The Morgan fingerprint density at radius 1 is 1.19 bits per heavy atom. The van der Waals surface area contributed by atoms with E-state index in [2.05, 4.69) is 15.7 Å². The van der Waals surface area contributed by atoms with Crippen LogP contribution in [0.5, 0.6) is 0 Å². The fourth-order valence-electron chi connectivity index (χ4n) is 2.89. The first kappa shape index (κ1) is 18.2. The molecule has 7 heteroatoms. The molecule has 0 aliphatic heterocycles. The molecule has 136 valence electrons. The molecular formula is C19H21ClN4O2. The number of halogens is 1. The highest BCUT2D eigenvalue weighted by molar-refractivity contribution is 6.32. The van der Waals surface area contributed by atoms with E-state index in [1.807, 2.05) is 24.3 Å². The van der Waals surface area contributed by atoms with Crippen molar-refractivity contribution >= 4 is 29.1 Å². The van der Waals surface area contributed by atoms with E-state index in [9.17, 15) is 9.59 Å². The Bertz CT molecular complexity index is 815. The van der Waals surface area contributed by atoms with Gasteiger partial charge in [-0.15, -0.1) is 0 Å². The van der Waals surface area contributed by atoms with Crippen molar-refractivity contribution in [3.05, 3.63) is 58.9 Å². The highest BCUT2D eigenvalue weighted by atomic mass is 35.5. The van der Waals surface area contributed by atoms with Gasteiger partial charge in [0.1, 0.15) is 6.54 Å². The molecule has 0 saturated heterocycles. The number of allylic oxidation sites excluding steroid dienone is 1. The van der Waals surface area contributed by atoms with Crippen molar-refractivity contribution in [2.75, 3.05) is 5.32 Å². The van der Waals surface area contributed by atoms with Crippen LogP contribution >= 0.6 is 11.6 Å². The lowest BCUT2D eigenvalue weighted by atomic mass is 9.98. The average molecular weight is 373 g/mol. The zero-order valence-corrected chi connectivity index (χ0v) is 15.1. The van der Waals surface area contributed by atoms with Crippen molar-refractivity contribution in [1.82, 2.24) is 15.1 Å². The zero-order chi connectivity index (χ0) is 18.4. The Balaban J connectivity index is 1.55. The van der Waals surface area contributed by atoms with E-state index < -0.39 is 0 Å². The molecular weight excluding hydrogens is 352 g/mol. The molecule has 0 radical (unpaired) electrons. The highest BCUT2D eigenvalue weighted by Crippen LogP contribution is 2.27. The van der Waals surface area contributed by atoms with Gasteiger partial charge in [0.05, 0.1) is 0 Å². The Hall–Kier alpha value is -2.60. The molecule has 1 heterocycles. The molecule has 0 atom stereocenters. The predicted molar refractivity (Wildman–Crippen MR) is 100 cm³/mol. The van der Waals surface area contributed by atoms with E-state index in [0.29, 0.717) is 22.8 Å². The van der Waals surface area contributed by atoms with Crippen LogP contribution in [0.4, 0.5) is 5.69 Å². The van der Waals surface area contributed by atoms with Crippen molar-refractivity contribution in [3.8, 4) is 0 Å². The van der Waals surface area contributed by atoms with E-state index in [-0.39, 0.29) is 18.4 Å². The standard InChI is InChI=1S/C19H21ClN4O2/c20-17-8-2-1-7-16(17)19(26)21-12-14-5-3-6-15(11-14)23-18(25)13-24-10-4-9-22-24/h3-6,9-11H,1-2,7-8,12-13H2,(H,21,26)(H,23,25). The topological polar surface area (TPSA) is 76.0 Å². The van der Waals surface area contributed by atoms with Gasteiger partial charge in [-0.2, -0.15) is 5.10 Å². The largest absolute Gasteiger partial charge is 0.348 e.